The van der Waals surface area contributed by atoms with Crippen molar-refractivity contribution in [1.82, 2.24) is 4.98 Å². The predicted octanol–water partition coefficient (Wildman–Crippen LogP) is 4.47. The SMILES string of the molecule is CCOc1ccc(OCC)c(NC(=O)c2c(O)c3c4c(sc3[nH]c2=O)C[C@@H](C)CC4)c1. The minimum absolute atomic E-state index is 0.262. The number of H-pyrrole nitrogens is 1. The number of hydrogen-bond acceptors (Lipinski definition) is 6. The molecule has 0 saturated carbocycles. The minimum atomic E-state index is -0.695. The Kier molecular flexibility index (Phi) is 5.91. The summed E-state index contributed by atoms with van der Waals surface area (Å²) in [6, 6.07) is 5.09. The van der Waals surface area contributed by atoms with E-state index >= 15 is 0 Å². The van der Waals surface area contributed by atoms with E-state index in [9.17, 15) is 14.7 Å². The molecule has 3 aromatic rings. The van der Waals surface area contributed by atoms with Crippen molar-refractivity contribution in [3.8, 4) is 17.2 Å². The highest BCUT2D eigenvalue weighted by molar-refractivity contribution is 7.18. The van der Waals surface area contributed by atoms with E-state index in [-0.39, 0.29) is 11.3 Å². The van der Waals surface area contributed by atoms with Crippen molar-refractivity contribution in [1.29, 1.82) is 0 Å². The van der Waals surface area contributed by atoms with E-state index in [1.807, 2.05) is 13.8 Å². The number of carbonyl (C=O) groups is 1. The Hall–Kier alpha value is -3.00. The zero-order valence-corrected chi connectivity index (χ0v) is 18.6. The van der Waals surface area contributed by atoms with Gasteiger partial charge in [-0.3, -0.25) is 9.59 Å². The van der Waals surface area contributed by atoms with E-state index in [0.717, 1.165) is 24.8 Å². The van der Waals surface area contributed by atoms with Crippen LogP contribution in [0.5, 0.6) is 17.2 Å². The molecule has 1 aliphatic rings. The molecular weight excluding hydrogens is 416 g/mol. The Labute approximate surface area is 184 Å². The van der Waals surface area contributed by atoms with Gasteiger partial charge in [-0.05, 0) is 56.7 Å². The van der Waals surface area contributed by atoms with E-state index in [0.29, 0.717) is 46.5 Å². The van der Waals surface area contributed by atoms with Crippen molar-refractivity contribution in [2.75, 3.05) is 18.5 Å². The molecule has 3 N–H and O–H groups in total. The molecule has 4 rings (SSSR count). The lowest BCUT2D eigenvalue weighted by Gasteiger charge is -2.18. The highest BCUT2D eigenvalue weighted by Crippen LogP contribution is 2.41. The molecule has 0 aliphatic heterocycles. The molecule has 1 aromatic carbocycles. The molecule has 2 heterocycles. The van der Waals surface area contributed by atoms with Gasteiger partial charge >= 0.3 is 0 Å². The summed E-state index contributed by atoms with van der Waals surface area (Å²) in [4.78, 5) is 30.4. The van der Waals surface area contributed by atoms with E-state index in [2.05, 4.69) is 17.2 Å². The molecule has 2 aromatic heterocycles. The summed E-state index contributed by atoms with van der Waals surface area (Å²) >= 11 is 1.49. The Morgan fingerprint density at radius 1 is 1.29 bits per heavy atom. The average molecular weight is 443 g/mol. The van der Waals surface area contributed by atoms with Crippen LogP contribution in [0.3, 0.4) is 0 Å². The molecule has 0 fully saturated rings. The lowest BCUT2D eigenvalue weighted by molar-refractivity contribution is 0.102. The number of aryl methyl sites for hydroxylation is 1. The Balaban J connectivity index is 1.75. The highest BCUT2D eigenvalue weighted by atomic mass is 32.1. The van der Waals surface area contributed by atoms with Crippen LogP contribution in [0.1, 0.15) is 48.0 Å². The zero-order valence-electron chi connectivity index (χ0n) is 17.8. The Morgan fingerprint density at radius 3 is 2.81 bits per heavy atom. The first-order valence-electron chi connectivity index (χ1n) is 10.5. The number of nitrogens with one attached hydrogen (secondary N) is 2. The van der Waals surface area contributed by atoms with Crippen molar-refractivity contribution >= 4 is 33.1 Å². The first-order chi connectivity index (χ1) is 14.9. The number of aromatic amines is 1. The molecule has 31 heavy (non-hydrogen) atoms. The lowest BCUT2D eigenvalue weighted by atomic mass is 9.89. The molecule has 0 spiro atoms. The summed E-state index contributed by atoms with van der Waals surface area (Å²) in [5.74, 6) is 0.627. The summed E-state index contributed by atoms with van der Waals surface area (Å²) in [6.45, 7) is 6.78. The smallest absolute Gasteiger partial charge is 0.265 e. The number of rotatable bonds is 6. The average Bonchev–Trinajstić information content (AvgIpc) is 3.07. The number of ether oxygens (including phenoxy) is 2. The van der Waals surface area contributed by atoms with Crippen molar-refractivity contribution in [2.24, 2.45) is 5.92 Å². The van der Waals surface area contributed by atoms with Crippen molar-refractivity contribution in [3.05, 3.63) is 44.6 Å². The second kappa shape index (κ2) is 8.63. The van der Waals surface area contributed by atoms with E-state index in [1.54, 1.807) is 18.2 Å². The fourth-order valence-corrected chi connectivity index (χ4v) is 5.43. The van der Waals surface area contributed by atoms with Gasteiger partial charge in [0.15, 0.2) is 0 Å². The van der Waals surface area contributed by atoms with Gasteiger partial charge in [-0.25, -0.2) is 0 Å². The molecule has 0 radical (unpaired) electrons. The van der Waals surface area contributed by atoms with Crippen LogP contribution >= 0.6 is 11.3 Å². The van der Waals surface area contributed by atoms with Crippen LogP contribution < -0.4 is 20.3 Å². The maximum absolute atomic E-state index is 13.1. The molecule has 8 heteroatoms. The zero-order chi connectivity index (χ0) is 22.1. The summed E-state index contributed by atoms with van der Waals surface area (Å²) in [7, 11) is 0. The number of benzene rings is 1. The summed E-state index contributed by atoms with van der Waals surface area (Å²) in [5, 5.41) is 14.3. The van der Waals surface area contributed by atoms with Crippen LogP contribution in [-0.4, -0.2) is 29.2 Å². The van der Waals surface area contributed by atoms with Crippen molar-refractivity contribution < 1.29 is 19.4 Å². The fourth-order valence-electron chi connectivity index (χ4n) is 4.03. The van der Waals surface area contributed by atoms with Crippen LogP contribution in [0.15, 0.2) is 23.0 Å². The third-order valence-electron chi connectivity index (χ3n) is 5.48. The molecule has 1 amide bonds. The van der Waals surface area contributed by atoms with E-state index in [1.165, 1.54) is 16.2 Å². The predicted molar refractivity (Wildman–Crippen MR) is 122 cm³/mol. The van der Waals surface area contributed by atoms with Gasteiger partial charge in [0.2, 0.25) is 0 Å². The van der Waals surface area contributed by atoms with E-state index < -0.39 is 11.5 Å². The second-order valence-corrected chi connectivity index (χ2v) is 8.82. The number of hydrogen-bond donors (Lipinski definition) is 3. The molecular formula is C23H26N2O5S. The fraction of sp³-hybridized carbons (Fsp3) is 0.391. The summed E-state index contributed by atoms with van der Waals surface area (Å²) in [6.07, 6.45) is 2.75. The lowest BCUT2D eigenvalue weighted by Crippen LogP contribution is -2.23. The summed E-state index contributed by atoms with van der Waals surface area (Å²) < 4.78 is 11.1. The number of thiophene rings is 1. The van der Waals surface area contributed by atoms with Crippen LogP contribution in [-0.2, 0) is 12.8 Å². The van der Waals surface area contributed by atoms with Crippen LogP contribution in [0.4, 0.5) is 5.69 Å². The number of aromatic nitrogens is 1. The van der Waals surface area contributed by atoms with Crippen LogP contribution in [0, 0.1) is 5.92 Å². The van der Waals surface area contributed by atoms with Gasteiger partial charge in [-0.1, -0.05) is 6.92 Å². The topological polar surface area (TPSA) is 101 Å². The number of anilines is 1. The van der Waals surface area contributed by atoms with Gasteiger partial charge in [0, 0.05) is 10.9 Å². The third kappa shape index (κ3) is 3.99. The van der Waals surface area contributed by atoms with Gasteiger partial charge in [0.1, 0.15) is 27.6 Å². The number of aromatic hydroxyl groups is 1. The molecule has 7 nitrogen and oxygen atoms in total. The first kappa shape index (κ1) is 21.2. The Bertz CT molecular complexity index is 1200. The summed E-state index contributed by atoms with van der Waals surface area (Å²) in [5.41, 5.74) is 0.496. The van der Waals surface area contributed by atoms with Crippen molar-refractivity contribution in [3.63, 3.8) is 0 Å². The first-order valence-corrected chi connectivity index (χ1v) is 11.3. The largest absolute Gasteiger partial charge is 0.506 e. The van der Waals surface area contributed by atoms with Gasteiger partial charge in [-0.15, -0.1) is 11.3 Å². The number of carbonyl (C=O) groups excluding carboxylic acids is 1. The molecule has 1 atom stereocenters. The van der Waals surface area contributed by atoms with E-state index in [4.69, 9.17) is 9.47 Å². The molecule has 0 unspecified atom stereocenters. The second-order valence-electron chi connectivity index (χ2n) is 7.71. The maximum Gasteiger partial charge on any atom is 0.265 e. The number of fused-ring (bicyclic) bond motifs is 3. The van der Waals surface area contributed by atoms with Crippen molar-refractivity contribution in [2.45, 2.75) is 40.0 Å². The molecule has 0 bridgehead atoms. The quantitative estimate of drug-likeness (QED) is 0.523. The molecule has 1 aliphatic carbocycles. The van der Waals surface area contributed by atoms with Crippen LogP contribution in [0.25, 0.3) is 10.2 Å². The highest BCUT2D eigenvalue weighted by Gasteiger charge is 2.27. The number of pyridine rings is 1. The van der Waals surface area contributed by atoms with Gasteiger partial charge in [-0.2, -0.15) is 0 Å². The third-order valence-corrected chi connectivity index (χ3v) is 6.65. The standard InChI is InChI=1S/C23H26N2O5S/c1-4-29-13-7-9-16(30-5-2)15(11-13)24-21(27)19-20(26)18-14-8-6-12(3)10-17(14)31-23(18)25-22(19)28/h7,9,11-12H,4-6,8,10H2,1-3H3,(H,24,27)(H2,25,26,28)/t12-/m0/s1. The normalized spacial score (nSPS) is 15.5. The van der Waals surface area contributed by atoms with Gasteiger partial charge in [0.05, 0.1) is 24.3 Å². The minimum Gasteiger partial charge on any atom is -0.506 e. The molecule has 164 valence electrons. The van der Waals surface area contributed by atoms with Gasteiger partial charge < -0.3 is 24.9 Å². The maximum atomic E-state index is 13.1. The molecule has 0 saturated heterocycles. The van der Waals surface area contributed by atoms with Crippen LogP contribution in [0.2, 0.25) is 0 Å². The number of amides is 1. The monoisotopic (exact) mass is 442 g/mol. The van der Waals surface area contributed by atoms with Gasteiger partial charge in [0.25, 0.3) is 11.5 Å². The Morgan fingerprint density at radius 2 is 2.06 bits per heavy atom.